The average molecular weight is 301 g/mol. The van der Waals surface area contributed by atoms with Crippen molar-refractivity contribution in [2.45, 2.75) is 12.1 Å². The Balaban J connectivity index is 3.29. The first kappa shape index (κ1) is 14.7. The molecule has 0 atom stereocenters. The number of alkyl halides is 4. The molecule has 4 nitrogen and oxygen atoms in total. The maximum atomic E-state index is 12.2. The summed E-state index contributed by atoms with van der Waals surface area (Å²) in [5, 5.41) is 8.89. The van der Waals surface area contributed by atoms with Crippen molar-refractivity contribution in [3.8, 4) is 0 Å². The normalized spacial score (nSPS) is 12.6. The molecule has 0 saturated heterocycles. The van der Waals surface area contributed by atoms with E-state index in [0.29, 0.717) is 0 Å². The van der Waals surface area contributed by atoms with Gasteiger partial charge in [0, 0.05) is 18.0 Å². The van der Waals surface area contributed by atoms with E-state index in [1.165, 1.54) is 6.07 Å². The number of hydrogen-bond acceptors (Lipinski definition) is 3. The topological polar surface area (TPSA) is 55.5 Å². The number of nitro benzene ring substituents is 1. The van der Waals surface area contributed by atoms with E-state index in [9.17, 15) is 23.3 Å². The van der Waals surface area contributed by atoms with Crippen LogP contribution in [0.2, 0.25) is 0 Å². The first-order chi connectivity index (χ1) is 8.25. The van der Waals surface area contributed by atoms with Gasteiger partial charge in [-0.1, -0.05) is 11.6 Å². The van der Waals surface area contributed by atoms with Crippen LogP contribution in [0, 0.1) is 10.1 Å². The number of rotatable bonds is 3. The molecule has 0 heterocycles. The lowest BCUT2D eigenvalue weighted by Gasteiger charge is -2.05. The van der Waals surface area contributed by atoms with Gasteiger partial charge in [-0.05, 0) is 11.6 Å². The predicted molar refractivity (Wildman–Crippen MR) is 61.7 cm³/mol. The van der Waals surface area contributed by atoms with E-state index in [-0.39, 0.29) is 17.1 Å². The number of non-ortho nitro benzene ring substituents is 1. The van der Waals surface area contributed by atoms with Crippen LogP contribution < -0.4 is 0 Å². The molecule has 0 N–H and O–H groups in total. The molecular weight excluding hydrogens is 296 g/mol. The second-order valence-electron chi connectivity index (χ2n) is 3.10. The summed E-state index contributed by atoms with van der Waals surface area (Å²) in [7, 11) is 0. The van der Waals surface area contributed by atoms with Gasteiger partial charge in [0.2, 0.25) is 5.17 Å². The van der Waals surface area contributed by atoms with E-state index in [2.05, 4.69) is 4.99 Å². The third-order valence-electron chi connectivity index (χ3n) is 1.88. The zero-order valence-electron chi connectivity index (χ0n) is 8.54. The number of nitro groups is 1. The number of aliphatic imine (C=N–C) groups is 1. The van der Waals surface area contributed by atoms with E-state index in [1.807, 2.05) is 0 Å². The Labute approximate surface area is 109 Å². The fourth-order valence-corrected chi connectivity index (χ4v) is 1.37. The molecule has 0 bridgehead atoms. The zero-order chi connectivity index (χ0) is 13.9. The van der Waals surface area contributed by atoms with Crippen molar-refractivity contribution in [2.24, 2.45) is 4.99 Å². The number of hydrogen-bond donors (Lipinski definition) is 0. The fraction of sp³-hybridized carbons (Fsp3) is 0.222. The smallest absolute Gasteiger partial charge is 0.258 e. The highest BCUT2D eigenvalue weighted by molar-refractivity contribution is 6.67. The molecule has 0 radical (unpaired) electrons. The van der Waals surface area contributed by atoms with E-state index >= 15 is 0 Å². The Morgan fingerprint density at radius 1 is 1.44 bits per heavy atom. The summed E-state index contributed by atoms with van der Waals surface area (Å²) in [5.41, 5.74) is -0.458. The second kappa shape index (κ2) is 5.53. The standard InChI is InChI=1S/C9H5Cl2F3N2O2/c10-4-5-1-2-6(16(17)18)3-7(5)15-8(11)9(12,13)14/h1-3H,4H2. The second-order valence-corrected chi connectivity index (χ2v) is 3.73. The van der Waals surface area contributed by atoms with Crippen LogP contribution in [0.15, 0.2) is 23.2 Å². The first-order valence-corrected chi connectivity index (χ1v) is 5.31. The summed E-state index contributed by atoms with van der Waals surface area (Å²) in [6.45, 7) is 0. The molecule has 0 aliphatic carbocycles. The van der Waals surface area contributed by atoms with Crippen molar-refractivity contribution in [3.63, 3.8) is 0 Å². The van der Waals surface area contributed by atoms with Gasteiger partial charge in [-0.2, -0.15) is 13.2 Å². The molecule has 0 spiro atoms. The van der Waals surface area contributed by atoms with Crippen LogP contribution >= 0.6 is 23.2 Å². The van der Waals surface area contributed by atoms with Crippen molar-refractivity contribution >= 4 is 39.7 Å². The van der Waals surface area contributed by atoms with Gasteiger partial charge < -0.3 is 0 Å². The monoisotopic (exact) mass is 300 g/mol. The van der Waals surface area contributed by atoms with Gasteiger partial charge in [0.05, 0.1) is 10.6 Å². The van der Waals surface area contributed by atoms with Gasteiger partial charge in [-0.25, -0.2) is 4.99 Å². The average Bonchev–Trinajstić information content (AvgIpc) is 2.27. The highest BCUT2D eigenvalue weighted by Crippen LogP contribution is 2.30. The van der Waals surface area contributed by atoms with Gasteiger partial charge in [-0.3, -0.25) is 10.1 Å². The Kier molecular flexibility index (Phi) is 4.53. The highest BCUT2D eigenvalue weighted by atomic mass is 35.5. The summed E-state index contributed by atoms with van der Waals surface area (Å²) in [5.74, 6) is -0.140. The Hall–Kier alpha value is -1.34. The lowest BCUT2D eigenvalue weighted by molar-refractivity contribution is -0.384. The van der Waals surface area contributed by atoms with Crippen LogP contribution in [0.1, 0.15) is 5.56 Å². The van der Waals surface area contributed by atoms with E-state index < -0.39 is 22.0 Å². The summed E-state index contributed by atoms with van der Waals surface area (Å²) in [6.07, 6.45) is -4.81. The molecule has 9 heteroatoms. The molecule has 0 aliphatic rings. The molecule has 0 unspecified atom stereocenters. The molecule has 0 amide bonds. The summed E-state index contributed by atoms with van der Waals surface area (Å²) in [6, 6.07) is 3.23. The van der Waals surface area contributed by atoms with E-state index in [0.717, 1.165) is 12.1 Å². The highest BCUT2D eigenvalue weighted by Gasteiger charge is 2.34. The molecule has 0 aliphatic heterocycles. The van der Waals surface area contributed by atoms with Crippen molar-refractivity contribution in [3.05, 3.63) is 33.9 Å². The van der Waals surface area contributed by atoms with Crippen LogP contribution in [0.4, 0.5) is 24.5 Å². The minimum atomic E-state index is -4.81. The Morgan fingerprint density at radius 2 is 2.06 bits per heavy atom. The molecule has 18 heavy (non-hydrogen) atoms. The van der Waals surface area contributed by atoms with Crippen molar-refractivity contribution in [1.82, 2.24) is 0 Å². The number of halogens is 5. The minimum Gasteiger partial charge on any atom is -0.258 e. The molecule has 0 aromatic heterocycles. The van der Waals surface area contributed by atoms with E-state index in [1.54, 1.807) is 0 Å². The van der Waals surface area contributed by atoms with Crippen molar-refractivity contribution in [2.75, 3.05) is 0 Å². The molecular formula is C9H5Cl2F3N2O2. The van der Waals surface area contributed by atoms with Gasteiger partial charge in [0.15, 0.2) is 0 Å². The predicted octanol–water partition coefficient (Wildman–Crippen LogP) is 4.16. The summed E-state index contributed by atoms with van der Waals surface area (Å²) < 4.78 is 36.6. The minimum absolute atomic E-state index is 0.140. The number of benzene rings is 1. The molecule has 0 saturated carbocycles. The van der Waals surface area contributed by atoms with Crippen LogP contribution in [0.5, 0.6) is 0 Å². The third kappa shape index (κ3) is 3.58. The third-order valence-corrected chi connectivity index (χ3v) is 2.46. The van der Waals surface area contributed by atoms with Crippen LogP contribution in [0.3, 0.4) is 0 Å². The van der Waals surface area contributed by atoms with Crippen LogP contribution in [-0.4, -0.2) is 16.3 Å². The first-order valence-electron chi connectivity index (χ1n) is 4.40. The van der Waals surface area contributed by atoms with Crippen LogP contribution in [-0.2, 0) is 5.88 Å². The lowest BCUT2D eigenvalue weighted by atomic mass is 10.2. The van der Waals surface area contributed by atoms with Crippen molar-refractivity contribution in [1.29, 1.82) is 0 Å². The van der Waals surface area contributed by atoms with Gasteiger partial charge in [0.25, 0.3) is 5.69 Å². The summed E-state index contributed by atoms with van der Waals surface area (Å²) in [4.78, 5) is 12.9. The Bertz CT molecular complexity index is 503. The molecule has 1 aromatic rings. The number of nitrogens with zero attached hydrogens (tertiary/aromatic N) is 2. The molecule has 1 aromatic carbocycles. The quantitative estimate of drug-likeness (QED) is 0.364. The lowest BCUT2D eigenvalue weighted by Crippen LogP contribution is -2.16. The van der Waals surface area contributed by atoms with Gasteiger partial charge in [0.1, 0.15) is 0 Å². The van der Waals surface area contributed by atoms with Crippen LogP contribution in [0.25, 0.3) is 0 Å². The van der Waals surface area contributed by atoms with E-state index in [4.69, 9.17) is 23.2 Å². The fourth-order valence-electron chi connectivity index (χ4n) is 1.05. The largest absolute Gasteiger partial charge is 0.444 e. The zero-order valence-corrected chi connectivity index (χ0v) is 10.1. The van der Waals surface area contributed by atoms with Crippen molar-refractivity contribution < 1.29 is 18.1 Å². The van der Waals surface area contributed by atoms with Gasteiger partial charge in [-0.15, -0.1) is 11.6 Å². The molecule has 98 valence electrons. The summed E-state index contributed by atoms with van der Waals surface area (Å²) >= 11 is 10.5. The van der Waals surface area contributed by atoms with Gasteiger partial charge >= 0.3 is 6.18 Å². The SMILES string of the molecule is O=[N+]([O-])c1ccc(CCl)c(N=C(Cl)C(F)(F)F)c1. The molecule has 0 fully saturated rings. The Morgan fingerprint density at radius 3 is 2.50 bits per heavy atom. The maximum absolute atomic E-state index is 12.2. The molecule has 1 rings (SSSR count). The maximum Gasteiger partial charge on any atom is 0.444 e.